The highest BCUT2D eigenvalue weighted by Crippen LogP contribution is 2.15. The van der Waals surface area contributed by atoms with Crippen LogP contribution in [0.5, 0.6) is 0 Å². The van der Waals surface area contributed by atoms with Gasteiger partial charge in [0.05, 0.1) is 18.2 Å². The van der Waals surface area contributed by atoms with Gasteiger partial charge in [-0.2, -0.15) is 0 Å². The van der Waals surface area contributed by atoms with E-state index in [1.807, 2.05) is 0 Å². The Hall–Kier alpha value is -0.160. The van der Waals surface area contributed by atoms with Crippen LogP contribution in [0.1, 0.15) is 6.92 Å². The molecule has 4 N–H and O–H groups in total. The molecule has 1 rings (SSSR count). The average molecular weight is 146 g/mol. The minimum absolute atomic E-state index is 0.321. The van der Waals surface area contributed by atoms with E-state index in [0.717, 1.165) is 0 Å². The molecule has 10 heavy (non-hydrogen) atoms. The predicted octanol–water partition coefficient (Wildman–Crippen LogP) is -1.38. The molecule has 1 fully saturated rings. The van der Waals surface area contributed by atoms with Gasteiger partial charge in [-0.3, -0.25) is 0 Å². The van der Waals surface area contributed by atoms with Crippen LogP contribution in [0.15, 0.2) is 0 Å². The average Bonchev–Trinajstić information content (AvgIpc) is 1.93. The van der Waals surface area contributed by atoms with Crippen molar-refractivity contribution in [3.8, 4) is 0 Å². The van der Waals surface area contributed by atoms with Crippen molar-refractivity contribution in [1.82, 2.24) is 0 Å². The zero-order valence-electron chi connectivity index (χ0n) is 5.77. The summed E-state index contributed by atoms with van der Waals surface area (Å²) in [5.74, 6) is 0. The van der Waals surface area contributed by atoms with E-state index < -0.39 is 18.2 Å². The molecule has 0 saturated carbocycles. The number of rotatable bonds is 0. The molecule has 1 aliphatic heterocycles. The van der Waals surface area contributed by atoms with Crippen molar-refractivity contribution >= 4 is 0 Å². The summed E-state index contributed by atoms with van der Waals surface area (Å²) in [6.45, 7) is 2.95. The van der Waals surface area contributed by atoms with Crippen molar-refractivity contribution in [2.45, 2.75) is 31.3 Å². The van der Waals surface area contributed by atoms with Gasteiger partial charge >= 0.3 is 0 Å². The minimum atomic E-state index is -0.855. The maximum Gasteiger partial charge on any atom is 0.114 e. The molecule has 0 aliphatic carbocycles. The first kappa shape index (κ1) is 7.94. The number of aliphatic hydroxyl groups excluding tert-OH is 2. The number of hydrogen-bond acceptors (Lipinski definition) is 4. The summed E-state index contributed by atoms with van der Waals surface area (Å²) in [5.41, 5.74) is 5.40. The van der Waals surface area contributed by atoms with Crippen molar-refractivity contribution in [2.75, 3.05) is 0 Å². The lowest BCUT2D eigenvalue weighted by Crippen LogP contribution is -2.54. The molecule has 0 aromatic carbocycles. The summed E-state index contributed by atoms with van der Waals surface area (Å²) in [7, 11) is 0. The Morgan fingerprint density at radius 3 is 2.60 bits per heavy atom. The van der Waals surface area contributed by atoms with E-state index in [-0.39, 0.29) is 6.10 Å². The molecule has 0 amide bonds. The molecule has 4 atom stereocenters. The standard InChI is InChI=1S/C6H12NO3/c1-3-6(9)5(7)4(8)2-10-3/h2-6,8-9H,7H2,1H3/t3-,4+,5-,6-/m1/s1. The second-order valence-corrected chi connectivity index (χ2v) is 2.54. The summed E-state index contributed by atoms with van der Waals surface area (Å²) in [6, 6.07) is -0.622. The first-order valence-electron chi connectivity index (χ1n) is 3.23. The van der Waals surface area contributed by atoms with E-state index in [1.54, 1.807) is 6.92 Å². The Kier molecular flexibility index (Phi) is 2.25. The summed E-state index contributed by atoms with van der Waals surface area (Å²) < 4.78 is 4.87. The first-order valence-corrected chi connectivity index (χ1v) is 3.23. The van der Waals surface area contributed by atoms with Gasteiger partial charge in [-0.1, -0.05) is 0 Å². The van der Waals surface area contributed by atoms with Gasteiger partial charge in [-0.25, -0.2) is 0 Å². The van der Waals surface area contributed by atoms with E-state index in [2.05, 4.69) is 0 Å². The molecule has 59 valence electrons. The quantitative estimate of drug-likeness (QED) is 0.393. The van der Waals surface area contributed by atoms with E-state index in [1.165, 1.54) is 6.61 Å². The van der Waals surface area contributed by atoms with E-state index in [0.29, 0.717) is 0 Å². The molecule has 0 spiro atoms. The highest BCUT2D eigenvalue weighted by Gasteiger charge is 2.33. The van der Waals surface area contributed by atoms with Gasteiger partial charge in [-0.15, -0.1) is 0 Å². The second kappa shape index (κ2) is 2.84. The second-order valence-electron chi connectivity index (χ2n) is 2.54. The van der Waals surface area contributed by atoms with Crippen LogP contribution in [0, 0.1) is 6.61 Å². The lowest BCUT2D eigenvalue weighted by atomic mass is 9.99. The van der Waals surface area contributed by atoms with Crippen LogP contribution in [-0.2, 0) is 4.74 Å². The van der Waals surface area contributed by atoms with Crippen LogP contribution in [0.25, 0.3) is 0 Å². The molecule has 0 bridgehead atoms. The molecule has 1 radical (unpaired) electrons. The Balaban J connectivity index is 2.52. The Labute approximate surface area is 59.6 Å². The molecule has 1 saturated heterocycles. The molecule has 1 aliphatic rings. The van der Waals surface area contributed by atoms with Crippen molar-refractivity contribution in [3.63, 3.8) is 0 Å². The maximum absolute atomic E-state index is 9.19. The van der Waals surface area contributed by atoms with Crippen molar-refractivity contribution in [2.24, 2.45) is 5.73 Å². The fourth-order valence-corrected chi connectivity index (χ4v) is 0.891. The SMILES string of the molecule is C[C@H]1O[CH][C@H](O)[C@@H](N)[C@@H]1O. The monoisotopic (exact) mass is 146 g/mol. The highest BCUT2D eigenvalue weighted by molar-refractivity contribution is 4.92. The van der Waals surface area contributed by atoms with Gasteiger partial charge < -0.3 is 20.7 Å². The number of aliphatic hydroxyl groups is 2. The van der Waals surface area contributed by atoms with Gasteiger partial charge in [0, 0.05) is 0 Å². The maximum atomic E-state index is 9.19. The van der Waals surface area contributed by atoms with Gasteiger partial charge in [0.15, 0.2) is 0 Å². The number of ether oxygens (including phenoxy) is 1. The van der Waals surface area contributed by atoms with Crippen molar-refractivity contribution < 1.29 is 14.9 Å². The molecular formula is C6H12NO3. The lowest BCUT2D eigenvalue weighted by Gasteiger charge is -2.33. The van der Waals surface area contributed by atoms with E-state index in [9.17, 15) is 5.11 Å². The fourth-order valence-electron chi connectivity index (χ4n) is 0.891. The smallest absolute Gasteiger partial charge is 0.114 e. The van der Waals surface area contributed by atoms with Crippen LogP contribution in [0.2, 0.25) is 0 Å². The highest BCUT2D eigenvalue weighted by atomic mass is 16.5. The zero-order chi connectivity index (χ0) is 7.72. The molecule has 4 heteroatoms. The molecule has 1 heterocycles. The summed E-state index contributed by atoms with van der Waals surface area (Å²) >= 11 is 0. The summed E-state index contributed by atoms with van der Waals surface area (Å²) in [5, 5.41) is 18.2. The molecule has 0 aromatic rings. The molecule has 0 aromatic heterocycles. The molecule has 0 unspecified atom stereocenters. The largest absolute Gasteiger partial charge is 0.389 e. The van der Waals surface area contributed by atoms with Gasteiger partial charge in [0.25, 0.3) is 0 Å². The van der Waals surface area contributed by atoms with Crippen LogP contribution in [0.4, 0.5) is 0 Å². The van der Waals surface area contributed by atoms with Crippen molar-refractivity contribution in [3.05, 3.63) is 6.61 Å². The third kappa shape index (κ3) is 1.29. The Bertz CT molecular complexity index is 106. The first-order chi connectivity index (χ1) is 4.63. The normalized spacial score (nSPS) is 49.2. The van der Waals surface area contributed by atoms with Gasteiger partial charge in [-0.05, 0) is 6.92 Å². The van der Waals surface area contributed by atoms with Crippen LogP contribution < -0.4 is 5.73 Å². The summed E-state index contributed by atoms with van der Waals surface area (Å²) in [6.07, 6.45) is -1.95. The molecular weight excluding hydrogens is 134 g/mol. The van der Waals surface area contributed by atoms with Gasteiger partial charge in [0.1, 0.15) is 12.7 Å². The van der Waals surface area contributed by atoms with Gasteiger partial charge in [0.2, 0.25) is 0 Å². The minimum Gasteiger partial charge on any atom is -0.389 e. The third-order valence-corrected chi connectivity index (χ3v) is 1.70. The van der Waals surface area contributed by atoms with E-state index in [4.69, 9.17) is 15.6 Å². The third-order valence-electron chi connectivity index (χ3n) is 1.70. The van der Waals surface area contributed by atoms with E-state index >= 15 is 0 Å². The Morgan fingerprint density at radius 2 is 2.10 bits per heavy atom. The van der Waals surface area contributed by atoms with Crippen molar-refractivity contribution in [1.29, 1.82) is 0 Å². The number of nitrogens with two attached hydrogens (primary N) is 1. The predicted molar refractivity (Wildman–Crippen MR) is 34.8 cm³/mol. The Morgan fingerprint density at radius 1 is 1.50 bits per heavy atom. The van der Waals surface area contributed by atoms with Crippen LogP contribution in [0.3, 0.4) is 0 Å². The topological polar surface area (TPSA) is 75.7 Å². The lowest BCUT2D eigenvalue weighted by molar-refractivity contribution is -0.0936. The summed E-state index contributed by atoms with van der Waals surface area (Å²) in [4.78, 5) is 0. The zero-order valence-corrected chi connectivity index (χ0v) is 5.77. The number of hydrogen-bond donors (Lipinski definition) is 3. The van der Waals surface area contributed by atoms with Crippen LogP contribution in [-0.4, -0.2) is 34.6 Å². The fraction of sp³-hybridized carbons (Fsp3) is 0.833. The molecule has 4 nitrogen and oxygen atoms in total. The van der Waals surface area contributed by atoms with Crippen LogP contribution >= 0.6 is 0 Å².